The molecule has 1 aliphatic heterocycles. The fourth-order valence-electron chi connectivity index (χ4n) is 4.59. The molecule has 8 nitrogen and oxygen atoms in total. The molecule has 4 aromatic carbocycles. The Morgan fingerprint density at radius 3 is 2.48 bits per heavy atom. The van der Waals surface area contributed by atoms with Crippen molar-refractivity contribution in [3.05, 3.63) is 123 Å². The van der Waals surface area contributed by atoms with Gasteiger partial charge < -0.3 is 29.4 Å². The molecule has 4 aromatic rings. The Balaban J connectivity index is 1.44. The maximum Gasteiger partial charge on any atom is 0.347 e. The Labute approximate surface area is 252 Å². The van der Waals surface area contributed by atoms with Gasteiger partial charge in [-0.05, 0) is 48.0 Å². The lowest BCUT2D eigenvalue weighted by atomic mass is 9.83. The molecule has 0 saturated carbocycles. The average Bonchev–Trinajstić information content (AvgIpc) is 2.99. The molecule has 1 heterocycles. The van der Waals surface area contributed by atoms with Crippen LogP contribution in [0, 0.1) is 11.3 Å². The molecule has 0 saturated heterocycles. The van der Waals surface area contributed by atoms with Crippen molar-refractivity contribution in [3.8, 4) is 34.8 Å². The summed E-state index contributed by atoms with van der Waals surface area (Å²) in [7, 11) is 3.00. The van der Waals surface area contributed by atoms with Gasteiger partial charge in [-0.2, -0.15) is 5.26 Å². The van der Waals surface area contributed by atoms with E-state index in [0.717, 1.165) is 5.56 Å². The zero-order chi connectivity index (χ0) is 29.8. The minimum Gasteiger partial charge on any atom is -0.496 e. The molecule has 2 N–H and O–H groups in total. The third-order valence-corrected chi connectivity index (χ3v) is 7.23. The molecule has 42 heavy (non-hydrogen) atoms. The molecule has 0 bridgehead atoms. The number of nitrogens with two attached hydrogens (primary N) is 1. The van der Waals surface area contributed by atoms with Gasteiger partial charge in [0.2, 0.25) is 5.88 Å². The van der Waals surface area contributed by atoms with E-state index in [0.29, 0.717) is 44.2 Å². The first-order chi connectivity index (χ1) is 20.3. The molecule has 1 aliphatic rings. The molecule has 0 aliphatic carbocycles. The van der Waals surface area contributed by atoms with E-state index in [1.807, 2.05) is 6.07 Å². The predicted octanol–water partition coefficient (Wildman–Crippen LogP) is 7.03. The topological polar surface area (TPSA) is 113 Å². The number of nitrogens with zero attached hydrogens (tertiary/aromatic N) is 1. The van der Waals surface area contributed by atoms with E-state index < -0.39 is 11.9 Å². The van der Waals surface area contributed by atoms with Crippen molar-refractivity contribution in [1.82, 2.24) is 0 Å². The Morgan fingerprint density at radius 1 is 0.952 bits per heavy atom. The second-order valence-corrected chi connectivity index (χ2v) is 9.99. The van der Waals surface area contributed by atoms with Gasteiger partial charge in [0.25, 0.3) is 0 Å². The van der Waals surface area contributed by atoms with E-state index in [4.69, 9.17) is 52.6 Å². The third kappa shape index (κ3) is 5.79. The summed E-state index contributed by atoms with van der Waals surface area (Å²) in [5.74, 6) is 0.669. The smallest absolute Gasteiger partial charge is 0.347 e. The highest BCUT2D eigenvalue weighted by Gasteiger charge is 2.32. The van der Waals surface area contributed by atoms with Gasteiger partial charge in [-0.15, -0.1) is 0 Å². The molecule has 0 aromatic heterocycles. The lowest BCUT2D eigenvalue weighted by Gasteiger charge is -2.27. The molecule has 212 valence electrons. The number of para-hydroxylation sites is 1. The molecular formula is C32H24Cl2N2O6. The highest BCUT2D eigenvalue weighted by Crippen LogP contribution is 2.45. The minimum atomic E-state index is -0.596. The number of carbonyl (C=O) groups is 1. The molecule has 0 radical (unpaired) electrons. The van der Waals surface area contributed by atoms with Crippen molar-refractivity contribution in [1.29, 1.82) is 5.26 Å². The average molecular weight is 603 g/mol. The molecule has 5 rings (SSSR count). The molecule has 0 fully saturated rings. The standard InChI is InChI=1S/C32H24Cl2N2O6/c1-38-26-6-4-3-5-23(26)32(37)41-21-10-11-22-28(15-21)42-31(36)24(16-35)30(22)18-8-12-27(29(13-18)39-2)40-17-19-7-9-20(33)14-25(19)34/h3-15,30H,17,36H2,1-2H3. The summed E-state index contributed by atoms with van der Waals surface area (Å²) in [4.78, 5) is 12.8. The number of fused-ring (bicyclic) bond motifs is 1. The fraction of sp³-hybridized carbons (Fsp3) is 0.125. The van der Waals surface area contributed by atoms with Gasteiger partial charge in [-0.3, -0.25) is 0 Å². The summed E-state index contributed by atoms with van der Waals surface area (Å²) in [6.45, 7) is 0.193. The molecule has 10 heteroatoms. The van der Waals surface area contributed by atoms with Crippen LogP contribution in [0.4, 0.5) is 0 Å². The van der Waals surface area contributed by atoms with Crippen LogP contribution >= 0.6 is 23.2 Å². The quantitative estimate of drug-likeness (QED) is 0.169. The van der Waals surface area contributed by atoms with Crippen LogP contribution in [-0.2, 0) is 6.61 Å². The lowest BCUT2D eigenvalue weighted by Crippen LogP contribution is -2.21. The second-order valence-electron chi connectivity index (χ2n) is 9.15. The summed E-state index contributed by atoms with van der Waals surface area (Å²) < 4.78 is 28.2. The van der Waals surface area contributed by atoms with Crippen LogP contribution < -0.4 is 29.4 Å². The number of hydrogen-bond donors (Lipinski definition) is 1. The van der Waals surface area contributed by atoms with Crippen molar-refractivity contribution < 1.29 is 28.5 Å². The Kier molecular flexibility index (Phi) is 8.43. The number of carbonyl (C=O) groups excluding carboxylic acids is 1. The van der Waals surface area contributed by atoms with E-state index in [-0.39, 0.29) is 29.4 Å². The van der Waals surface area contributed by atoms with Crippen molar-refractivity contribution >= 4 is 29.2 Å². The van der Waals surface area contributed by atoms with Gasteiger partial charge in [0.15, 0.2) is 11.5 Å². The number of halogens is 2. The second kappa shape index (κ2) is 12.4. The predicted molar refractivity (Wildman–Crippen MR) is 157 cm³/mol. The first-order valence-electron chi connectivity index (χ1n) is 12.6. The van der Waals surface area contributed by atoms with Gasteiger partial charge in [0.1, 0.15) is 41.1 Å². The van der Waals surface area contributed by atoms with Gasteiger partial charge >= 0.3 is 5.97 Å². The van der Waals surface area contributed by atoms with Crippen molar-refractivity contribution in [2.75, 3.05) is 14.2 Å². The first kappa shape index (κ1) is 28.7. The Morgan fingerprint density at radius 2 is 1.74 bits per heavy atom. The summed E-state index contributed by atoms with van der Waals surface area (Å²) in [6.07, 6.45) is 0. The van der Waals surface area contributed by atoms with Gasteiger partial charge in [0, 0.05) is 27.2 Å². The molecular weight excluding hydrogens is 579 g/mol. The summed E-state index contributed by atoms with van der Waals surface area (Å²) in [6, 6.07) is 24.4. The SMILES string of the molecule is COc1cc(C2C(C#N)=C(N)Oc3cc(OC(=O)c4ccccc4OC)ccc32)ccc1OCc1ccc(Cl)cc1Cl. The number of hydrogen-bond acceptors (Lipinski definition) is 8. The monoisotopic (exact) mass is 602 g/mol. The first-order valence-corrected chi connectivity index (χ1v) is 13.4. The van der Waals surface area contributed by atoms with E-state index in [1.54, 1.807) is 72.8 Å². The summed E-state index contributed by atoms with van der Waals surface area (Å²) in [5.41, 5.74) is 8.81. The molecule has 0 spiro atoms. The lowest BCUT2D eigenvalue weighted by molar-refractivity contribution is 0.0731. The van der Waals surface area contributed by atoms with Crippen molar-refractivity contribution in [2.45, 2.75) is 12.5 Å². The molecule has 1 atom stereocenters. The van der Waals surface area contributed by atoms with Crippen molar-refractivity contribution in [2.24, 2.45) is 5.73 Å². The van der Waals surface area contributed by atoms with Crippen LogP contribution in [0.5, 0.6) is 28.7 Å². The Bertz CT molecular complexity index is 1750. The number of nitriles is 1. The largest absolute Gasteiger partial charge is 0.496 e. The number of ether oxygens (including phenoxy) is 5. The highest BCUT2D eigenvalue weighted by molar-refractivity contribution is 6.35. The number of methoxy groups -OCH3 is 2. The third-order valence-electron chi connectivity index (χ3n) is 6.65. The summed E-state index contributed by atoms with van der Waals surface area (Å²) >= 11 is 12.3. The van der Waals surface area contributed by atoms with E-state index in [2.05, 4.69) is 6.07 Å². The fourth-order valence-corrected chi connectivity index (χ4v) is 5.06. The normalized spacial score (nSPS) is 13.8. The number of rotatable bonds is 8. The van der Waals surface area contributed by atoms with Crippen LogP contribution in [0.2, 0.25) is 10.0 Å². The van der Waals surface area contributed by atoms with Crippen LogP contribution in [0.1, 0.15) is 33.0 Å². The van der Waals surface area contributed by atoms with E-state index in [1.165, 1.54) is 14.2 Å². The minimum absolute atomic E-state index is 0.0557. The van der Waals surface area contributed by atoms with Gasteiger partial charge in [0.05, 0.1) is 20.1 Å². The zero-order valence-electron chi connectivity index (χ0n) is 22.5. The number of allylic oxidation sites excluding steroid dienone is 1. The zero-order valence-corrected chi connectivity index (χ0v) is 24.0. The van der Waals surface area contributed by atoms with Gasteiger partial charge in [-0.25, -0.2) is 4.79 Å². The van der Waals surface area contributed by atoms with Crippen LogP contribution in [-0.4, -0.2) is 20.2 Å². The van der Waals surface area contributed by atoms with Crippen LogP contribution in [0.25, 0.3) is 0 Å². The maximum absolute atomic E-state index is 12.8. The van der Waals surface area contributed by atoms with Gasteiger partial charge in [-0.1, -0.05) is 53.5 Å². The van der Waals surface area contributed by atoms with E-state index in [9.17, 15) is 10.1 Å². The number of esters is 1. The highest BCUT2D eigenvalue weighted by atomic mass is 35.5. The summed E-state index contributed by atoms with van der Waals surface area (Å²) in [5, 5.41) is 11.0. The Hall–Kier alpha value is -4.84. The van der Waals surface area contributed by atoms with Crippen molar-refractivity contribution in [3.63, 3.8) is 0 Å². The van der Waals surface area contributed by atoms with E-state index >= 15 is 0 Å². The maximum atomic E-state index is 12.8. The number of benzene rings is 4. The van der Waals surface area contributed by atoms with Crippen LogP contribution in [0.3, 0.4) is 0 Å². The molecule has 0 amide bonds. The van der Waals surface area contributed by atoms with Crippen LogP contribution in [0.15, 0.2) is 90.3 Å². The molecule has 1 unspecified atom stereocenters.